The molecule has 1 N–H and O–H groups in total. The van der Waals surface area contributed by atoms with Crippen LogP contribution in [0.5, 0.6) is 0 Å². The number of carbonyl (C=O) groups is 1. The number of nitrogens with one attached hydrogen (secondary N) is 1. The van der Waals surface area contributed by atoms with E-state index < -0.39 is 32.5 Å². The molecule has 1 unspecified atom stereocenters. The van der Waals surface area contributed by atoms with Gasteiger partial charge >= 0.3 is 0 Å². The van der Waals surface area contributed by atoms with Crippen LogP contribution in [0, 0.1) is 11.6 Å². The average Bonchev–Trinajstić information content (AvgIpc) is 2.85. The van der Waals surface area contributed by atoms with Crippen molar-refractivity contribution in [2.75, 3.05) is 11.9 Å². The number of hydrogen-bond acceptors (Lipinski definition) is 3. The van der Waals surface area contributed by atoms with Crippen molar-refractivity contribution in [1.82, 2.24) is 4.31 Å². The van der Waals surface area contributed by atoms with Gasteiger partial charge in [0, 0.05) is 25.2 Å². The molecule has 122 valence electrons. The molecule has 0 saturated carbocycles. The molecule has 1 saturated heterocycles. The first-order valence-electron chi connectivity index (χ1n) is 7.05. The summed E-state index contributed by atoms with van der Waals surface area (Å²) in [4.78, 5) is 9.97. The molecular formula is C14H18F2N2O3S. The Bertz CT molecular complexity index is 668. The van der Waals surface area contributed by atoms with Crippen LogP contribution in [0.25, 0.3) is 0 Å². The van der Waals surface area contributed by atoms with E-state index in [1.165, 1.54) is 6.92 Å². The summed E-state index contributed by atoms with van der Waals surface area (Å²) in [5.74, 6) is -2.91. The lowest BCUT2D eigenvalue weighted by Gasteiger charge is -2.23. The van der Waals surface area contributed by atoms with Crippen LogP contribution in [-0.2, 0) is 14.8 Å². The first-order valence-corrected chi connectivity index (χ1v) is 8.49. The van der Waals surface area contributed by atoms with E-state index in [9.17, 15) is 22.0 Å². The number of anilines is 1. The Balaban J connectivity index is 2.45. The second-order valence-electron chi connectivity index (χ2n) is 5.27. The van der Waals surface area contributed by atoms with E-state index in [0.717, 1.165) is 16.4 Å². The summed E-state index contributed by atoms with van der Waals surface area (Å²) >= 11 is 0. The normalized spacial score (nSPS) is 19.4. The van der Waals surface area contributed by atoms with Gasteiger partial charge in [-0.25, -0.2) is 17.2 Å². The third-order valence-electron chi connectivity index (χ3n) is 3.68. The number of benzene rings is 1. The molecule has 0 radical (unpaired) electrons. The molecule has 1 aliphatic rings. The lowest BCUT2D eigenvalue weighted by molar-refractivity contribution is -0.114. The Morgan fingerprint density at radius 1 is 1.36 bits per heavy atom. The van der Waals surface area contributed by atoms with E-state index in [2.05, 4.69) is 5.32 Å². The van der Waals surface area contributed by atoms with E-state index in [1.54, 1.807) is 0 Å². The fraction of sp³-hybridized carbons (Fsp3) is 0.500. The van der Waals surface area contributed by atoms with Crippen LogP contribution in [0.4, 0.5) is 14.5 Å². The molecule has 1 amide bonds. The van der Waals surface area contributed by atoms with Gasteiger partial charge in [-0.1, -0.05) is 6.92 Å². The zero-order valence-corrected chi connectivity index (χ0v) is 13.2. The molecule has 5 nitrogen and oxygen atoms in total. The summed E-state index contributed by atoms with van der Waals surface area (Å²) in [5, 5.41) is 2.23. The zero-order valence-electron chi connectivity index (χ0n) is 12.4. The average molecular weight is 332 g/mol. The summed E-state index contributed by atoms with van der Waals surface area (Å²) in [6.07, 6.45) is 1.94. The van der Waals surface area contributed by atoms with Crippen molar-refractivity contribution >= 4 is 21.6 Å². The van der Waals surface area contributed by atoms with Crippen LogP contribution < -0.4 is 5.32 Å². The summed E-state index contributed by atoms with van der Waals surface area (Å²) in [7, 11) is -4.24. The van der Waals surface area contributed by atoms with Gasteiger partial charge in [0.05, 0.1) is 0 Å². The van der Waals surface area contributed by atoms with Gasteiger partial charge in [-0.15, -0.1) is 0 Å². The topological polar surface area (TPSA) is 66.5 Å². The third-order valence-corrected chi connectivity index (χ3v) is 5.68. The number of sulfonamides is 1. The molecule has 1 aliphatic heterocycles. The number of amides is 1. The zero-order chi connectivity index (χ0) is 16.5. The molecule has 0 bridgehead atoms. The molecule has 0 spiro atoms. The van der Waals surface area contributed by atoms with Crippen molar-refractivity contribution in [1.29, 1.82) is 0 Å². The molecule has 1 aromatic carbocycles. The van der Waals surface area contributed by atoms with Gasteiger partial charge in [-0.2, -0.15) is 4.31 Å². The van der Waals surface area contributed by atoms with Gasteiger partial charge in [0.25, 0.3) is 0 Å². The lowest BCUT2D eigenvalue weighted by atomic mass is 10.2. The van der Waals surface area contributed by atoms with E-state index in [4.69, 9.17) is 0 Å². The minimum Gasteiger partial charge on any atom is -0.326 e. The number of hydrogen-bond donors (Lipinski definition) is 1. The summed E-state index contributed by atoms with van der Waals surface area (Å²) < 4.78 is 54.5. The van der Waals surface area contributed by atoms with Crippen molar-refractivity contribution < 1.29 is 22.0 Å². The Hall–Kier alpha value is -1.54. The van der Waals surface area contributed by atoms with Gasteiger partial charge in [-0.3, -0.25) is 4.79 Å². The number of nitrogens with zero attached hydrogens (tertiary/aromatic N) is 1. The molecular weight excluding hydrogens is 314 g/mol. The summed E-state index contributed by atoms with van der Waals surface area (Å²) in [5.41, 5.74) is -0.116. The maximum Gasteiger partial charge on any atom is 0.249 e. The van der Waals surface area contributed by atoms with Crippen molar-refractivity contribution in [3.8, 4) is 0 Å². The van der Waals surface area contributed by atoms with Crippen molar-refractivity contribution in [3.05, 3.63) is 23.8 Å². The van der Waals surface area contributed by atoms with Gasteiger partial charge in [0.15, 0.2) is 4.90 Å². The molecule has 0 aromatic heterocycles. The molecule has 1 atom stereocenters. The van der Waals surface area contributed by atoms with E-state index in [0.29, 0.717) is 19.3 Å². The molecule has 22 heavy (non-hydrogen) atoms. The molecule has 1 aromatic rings. The van der Waals surface area contributed by atoms with Crippen LogP contribution in [0.15, 0.2) is 17.0 Å². The Kier molecular flexibility index (Phi) is 4.81. The van der Waals surface area contributed by atoms with E-state index >= 15 is 0 Å². The highest BCUT2D eigenvalue weighted by Gasteiger charge is 2.37. The minimum atomic E-state index is -4.24. The Labute approximate surface area is 128 Å². The maximum absolute atomic E-state index is 14.1. The van der Waals surface area contributed by atoms with Gasteiger partial charge in [0.2, 0.25) is 15.9 Å². The third kappa shape index (κ3) is 3.12. The molecule has 8 heteroatoms. The quantitative estimate of drug-likeness (QED) is 0.921. The molecule has 2 rings (SSSR count). The molecule has 1 fully saturated rings. The first-order chi connectivity index (χ1) is 10.3. The summed E-state index contributed by atoms with van der Waals surface area (Å²) in [6.45, 7) is 3.29. The lowest BCUT2D eigenvalue weighted by Crippen LogP contribution is -2.36. The first kappa shape index (κ1) is 16.8. The Morgan fingerprint density at radius 3 is 2.45 bits per heavy atom. The number of rotatable bonds is 4. The SMILES string of the molecule is CCC1CCCN1S(=O)(=O)c1c(F)cc(NC(C)=O)cc1F. The second kappa shape index (κ2) is 6.29. The molecule has 0 aliphatic carbocycles. The largest absolute Gasteiger partial charge is 0.326 e. The van der Waals surface area contributed by atoms with Crippen molar-refractivity contribution in [2.45, 2.75) is 44.0 Å². The van der Waals surface area contributed by atoms with E-state index in [-0.39, 0.29) is 18.3 Å². The summed E-state index contributed by atoms with van der Waals surface area (Å²) in [6, 6.07) is 1.39. The van der Waals surface area contributed by atoms with Gasteiger partial charge in [-0.05, 0) is 31.4 Å². The second-order valence-corrected chi connectivity index (χ2v) is 7.10. The van der Waals surface area contributed by atoms with E-state index in [1.807, 2.05) is 6.92 Å². The maximum atomic E-state index is 14.1. The van der Waals surface area contributed by atoms with Crippen LogP contribution in [-0.4, -0.2) is 31.2 Å². The minimum absolute atomic E-state index is 0.116. The fourth-order valence-corrected chi connectivity index (χ4v) is 4.59. The van der Waals surface area contributed by atoms with Crippen LogP contribution >= 0.6 is 0 Å². The number of carbonyl (C=O) groups excluding carboxylic acids is 1. The highest BCUT2D eigenvalue weighted by molar-refractivity contribution is 7.89. The van der Waals surface area contributed by atoms with Crippen LogP contribution in [0.2, 0.25) is 0 Å². The Morgan fingerprint density at radius 2 is 1.95 bits per heavy atom. The highest BCUT2D eigenvalue weighted by atomic mass is 32.2. The van der Waals surface area contributed by atoms with Crippen molar-refractivity contribution in [3.63, 3.8) is 0 Å². The predicted molar refractivity (Wildman–Crippen MR) is 77.9 cm³/mol. The number of halogens is 2. The molecule has 1 heterocycles. The van der Waals surface area contributed by atoms with Crippen molar-refractivity contribution in [2.24, 2.45) is 0 Å². The standard InChI is InChI=1S/C14H18F2N2O3S/c1-3-11-5-4-6-18(11)22(20,21)14-12(15)7-10(8-13(14)16)17-9(2)19/h7-8,11H,3-6H2,1-2H3,(H,17,19). The predicted octanol–water partition coefficient (Wildman–Crippen LogP) is 2.49. The van der Waals surface area contributed by atoms with Crippen LogP contribution in [0.1, 0.15) is 33.1 Å². The fourth-order valence-electron chi connectivity index (χ4n) is 2.73. The smallest absolute Gasteiger partial charge is 0.249 e. The van der Waals surface area contributed by atoms with Gasteiger partial charge < -0.3 is 5.32 Å². The van der Waals surface area contributed by atoms with Gasteiger partial charge in [0.1, 0.15) is 11.6 Å². The highest BCUT2D eigenvalue weighted by Crippen LogP contribution is 2.31. The van der Waals surface area contributed by atoms with Crippen LogP contribution in [0.3, 0.4) is 0 Å². The monoisotopic (exact) mass is 332 g/mol.